The molecule has 0 fully saturated rings. The van der Waals surface area contributed by atoms with Crippen LogP contribution in [0.25, 0.3) is 0 Å². The summed E-state index contributed by atoms with van der Waals surface area (Å²) in [4.78, 5) is 0. The highest BCUT2D eigenvalue weighted by Gasteiger charge is 2.02. The number of benzene rings is 2. The molecular formula is C14H15N. The van der Waals surface area contributed by atoms with E-state index in [1.165, 1.54) is 5.56 Å². The minimum Gasteiger partial charge on any atom is -0.379 e. The van der Waals surface area contributed by atoms with Crippen molar-refractivity contribution >= 4 is 5.69 Å². The van der Waals surface area contributed by atoms with Gasteiger partial charge < -0.3 is 5.32 Å². The molecule has 2 rings (SSSR count). The van der Waals surface area contributed by atoms with Gasteiger partial charge in [-0.25, -0.2) is 0 Å². The maximum absolute atomic E-state index is 3.46. The minimum absolute atomic E-state index is 0.341. The van der Waals surface area contributed by atoms with E-state index in [0.717, 1.165) is 5.69 Å². The van der Waals surface area contributed by atoms with Crippen LogP contribution in [0.5, 0.6) is 0 Å². The Labute approximate surface area is 90.8 Å². The first-order valence-corrected chi connectivity index (χ1v) is 5.23. The third-order valence-electron chi connectivity index (χ3n) is 2.46. The fraction of sp³-hybridized carbons (Fsp3) is 0.143. The van der Waals surface area contributed by atoms with Crippen molar-refractivity contribution < 1.29 is 0 Å². The van der Waals surface area contributed by atoms with Crippen LogP contribution in [0, 0.1) is 0 Å². The molecule has 1 heteroatoms. The third kappa shape index (κ3) is 2.59. The van der Waals surface area contributed by atoms with Crippen LogP contribution in [-0.4, -0.2) is 0 Å². The Balaban J connectivity index is 2.08. The van der Waals surface area contributed by atoms with Gasteiger partial charge in [-0.1, -0.05) is 48.5 Å². The molecule has 0 bridgehead atoms. The monoisotopic (exact) mass is 197 g/mol. The van der Waals surface area contributed by atoms with E-state index < -0.39 is 0 Å². The van der Waals surface area contributed by atoms with Crippen LogP contribution in [0.3, 0.4) is 0 Å². The maximum atomic E-state index is 3.46. The molecular weight excluding hydrogens is 182 g/mol. The second kappa shape index (κ2) is 4.65. The Hall–Kier alpha value is -1.76. The smallest absolute Gasteiger partial charge is 0.0485 e. The van der Waals surface area contributed by atoms with Gasteiger partial charge in [-0.3, -0.25) is 0 Å². The fourth-order valence-corrected chi connectivity index (χ4v) is 1.61. The fourth-order valence-electron chi connectivity index (χ4n) is 1.61. The minimum atomic E-state index is 0.341. The molecule has 2 aromatic rings. The molecule has 15 heavy (non-hydrogen) atoms. The second-order valence-electron chi connectivity index (χ2n) is 3.64. The zero-order chi connectivity index (χ0) is 10.5. The Morgan fingerprint density at radius 1 is 0.800 bits per heavy atom. The molecule has 0 aromatic heterocycles. The second-order valence-corrected chi connectivity index (χ2v) is 3.64. The first-order chi connectivity index (χ1) is 7.36. The van der Waals surface area contributed by atoms with Crippen LogP contribution >= 0.6 is 0 Å². The average Bonchev–Trinajstić information content (AvgIpc) is 2.31. The predicted molar refractivity (Wildman–Crippen MR) is 64.9 cm³/mol. The number of hydrogen-bond acceptors (Lipinski definition) is 1. The molecule has 0 amide bonds. The molecule has 0 aliphatic carbocycles. The highest BCUT2D eigenvalue weighted by molar-refractivity contribution is 5.44. The topological polar surface area (TPSA) is 12.0 Å². The highest BCUT2D eigenvalue weighted by atomic mass is 14.9. The lowest BCUT2D eigenvalue weighted by molar-refractivity contribution is 0.885. The molecule has 0 saturated heterocycles. The lowest BCUT2D eigenvalue weighted by Gasteiger charge is -2.15. The molecule has 0 saturated carbocycles. The average molecular weight is 197 g/mol. The Morgan fingerprint density at radius 2 is 1.33 bits per heavy atom. The van der Waals surface area contributed by atoms with Crippen molar-refractivity contribution in [1.82, 2.24) is 0 Å². The lowest BCUT2D eigenvalue weighted by atomic mass is 10.1. The molecule has 1 atom stereocenters. The predicted octanol–water partition coefficient (Wildman–Crippen LogP) is 3.86. The van der Waals surface area contributed by atoms with Crippen LogP contribution in [0.4, 0.5) is 5.69 Å². The van der Waals surface area contributed by atoms with E-state index in [2.05, 4.69) is 48.6 Å². The summed E-state index contributed by atoms with van der Waals surface area (Å²) in [5.41, 5.74) is 2.47. The molecule has 1 N–H and O–H groups in total. The number of para-hydroxylation sites is 1. The number of nitrogens with one attached hydrogen (secondary N) is 1. The van der Waals surface area contributed by atoms with E-state index in [1.807, 2.05) is 24.3 Å². The molecule has 0 unspecified atom stereocenters. The van der Waals surface area contributed by atoms with Crippen LogP contribution in [-0.2, 0) is 0 Å². The quantitative estimate of drug-likeness (QED) is 0.787. The van der Waals surface area contributed by atoms with E-state index in [0.29, 0.717) is 6.04 Å². The number of anilines is 1. The first-order valence-electron chi connectivity index (χ1n) is 5.23. The van der Waals surface area contributed by atoms with E-state index >= 15 is 0 Å². The molecule has 1 nitrogen and oxygen atoms in total. The van der Waals surface area contributed by atoms with Gasteiger partial charge >= 0.3 is 0 Å². The van der Waals surface area contributed by atoms with Gasteiger partial charge in [0.05, 0.1) is 0 Å². The molecule has 76 valence electrons. The molecule has 2 aromatic carbocycles. The van der Waals surface area contributed by atoms with Gasteiger partial charge in [-0.2, -0.15) is 0 Å². The van der Waals surface area contributed by atoms with Crippen molar-refractivity contribution in [1.29, 1.82) is 0 Å². The van der Waals surface area contributed by atoms with E-state index in [4.69, 9.17) is 0 Å². The number of hydrogen-bond donors (Lipinski definition) is 1. The summed E-state index contributed by atoms with van der Waals surface area (Å²) in [6.45, 7) is 2.17. The normalized spacial score (nSPS) is 12.1. The van der Waals surface area contributed by atoms with E-state index in [9.17, 15) is 0 Å². The van der Waals surface area contributed by atoms with E-state index in [1.54, 1.807) is 0 Å². The van der Waals surface area contributed by atoms with Gasteiger partial charge in [-0.05, 0) is 24.6 Å². The van der Waals surface area contributed by atoms with Crippen molar-refractivity contribution in [3.8, 4) is 0 Å². The van der Waals surface area contributed by atoms with Crippen molar-refractivity contribution in [3.63, 3.8) is 0 Å². The van der Waals surface area contributed by atoms with Gasteiger partial charge in [0.1, 0.15) is 0 Å². The molecule has 0 spiro atoms. The molecule has 0 aliphatic rings. The van der Waals surface area contributed by atoms with Crippen LogP contribution in [0.1, 0.15) is 18.5 Å². The van der Waals surface area contributed by atoms with Crippen molar-refractivity contribution in [2.45, 2.75) is 13.0 Å². The van der Waals surface area contributed by atoms with Gasteiger partial charge in [0.25, 0.3) is 0 Å². The summed E-state index contributed by atoms with van der Waals surface area (Å²) in [6.07, 6.45) is 0. The van der Waals surface area contributed by atoms with Crippen molar-refractivity contribution in [2.75, 3.05) is 5.32 Å². The summed E-state index contributed by atoms with van der Waals surface area (Å²) in [5, 5.41) is 3.46. The number of rotatable bonds is 3. The SMILES string of the molecule is C[C@@H](Nc1ccccc1)c1ccccc1. The Bertz CT molecular complexity index is 394. The molecule has 0 heterocycles. The highest BCUT2D eigenvalue weighted by Crippen LogP contribution is 2.17. The summed E-state index contributed by atoms with van der Waals surface area (Å²) >= 11 is 0. The lowest BCUT2D eigenvalue weighted by Crippen LogP contribution is -2.05. The zero-order valence-corrected chi connectivity index (χ0v) is 8.85. The van der Waals surface area contributed by atoms with Gasteiger partial charge in [0.15, 0.2) is 0 Å². The first kappa shape index (κ1) is 9.78. The van der Waals surface area contributed by atoms with E-state index in [-0.39, 0.29) is 0 Å². The van der Waals surface area contributed by atoms with Gasteiger partial charge in [0, 0.05) is 11.7 Å². The Morgan fingerprint density at radius 3 is 1.93 bits per heavy atom. The largest absolute Gasteiger partial charge is 0.379 e. The molecule has 0 radical (unpaired) electrons. The Kier molecular flexibility index (Phi) is 3.03. The maximum Gasteiger partial charge on any atom is 0.0485 e. The summed E-state index contributed by atoms with van der Waals surface area (Å²) in [6, 6.07) is 21.1. The third-order valence-corrected chi connectivity index (χ3v) is 2.46. The molecule has 0 aliphatic heterocycles. The van der Waals surface area contributed by atoms with Crippen LogP contribution in [0.15, 0.2) is 60.7 Å². The standard InChI is InChI=1S/C14H15N/c1-12(13-8-4-2-5-9-13)15-14-10-6-3-7-11-14/h2-12,15H,1H3/t12-/m1/s1. The zero-order valence-electron chi connectivity index (χ0n) is 8.85. The van der Waals surface area contributed by atoms with Crippen molar-refractivity contribution in [2.24, 2.45) is 0 Å². The van der Waals surface area contributed by atoms with Crippen LogP contribution < -0.4 is 5.32 Å². The van der Waals surface area contributed by atoms with Gasteiger partial charge in [-0.15, -0.1) is 0 Å². The summed E-state index contributed by atoms with van der Waals surface area (Å²) in [7, 11) is 0. The van der Waals surface area contributed by atoms with Crippen molar-refractivity contribution in [3.05, 3.63) is 66.2 Å². The summed E-state index contributed by atoms with van der Waals surface area (Å²) in [5.74, 6) is 0. The summed E-state index contributed by atoms with van der Waals surface area (Å²) < 4.78 is 0. The van der Waals surface area contributed by atoms with Gasteiger partial charge in [0.2, 0.25) is 0 Å². The van der Waals surface area contributed by atoms with Crippen LogP contribution in [0.2, 0.25) is 0 Å².